The van der Waals surface area contributed by atoms with Gasteiger partial charge < -0.3 is 24.1 Å². The lowest BCUT2D eigenvalue weighted by atomic mass is 10.1. The smallest absolute Gasteiger partial charge is 0.275 e. The fraction of sp³-hybridized carbons (Fsp3) is 0.520. The Morgan fingerprint density at radius 2 is 1.84 bits per heavy atom. The Morgan fingerprint density at radius 1 is 1.09 bits per heavy atom. The molecule has 1 fully saturated rings. The van der Waals surface area contributed by atoms with E-state index in [4.69, 9.17) is 4.74 Å². The molecule has 172 valence electrons. The molecule has 7 heteroatoms. The summed E-state index contributed by atoms with van der Waals surface area (Å²) in [4.78, 5) is 29.0. The number of para-hydroxylation sites is 1. The van der Waals surface area contributed by atoms with Gasteiger partial charge in [-0.15, -0.1) is 0 Å². The first-order valence-electron chi connectivity index (χ1n) is 11.7. The van der Waals surface area contributed by atoms with Crippen LogP contribution in [0.4, 0.5) is 0 Å². The van der Waals surface area contributed by atoms with Gasteiger partial charge in [-0.25, -0.2) is 0 Å². The molecule has 1 aliphatic heterocycles. The number of pyridine rings is 1. The molecule has 0 unspecified atom stereocenters. The van der Waals surface area contributed by atoms with Crippen molar-refractivity contribution in [3.63, 3.8) is 0 Å². The Morgan fingerprint density at radius 3 is 2.59 bits per heavy atom. The topological polar surface area (TPSA) is 68.5 Å². The number of likely N-dealkylation sites (tertiary alicyclic amines) is 1. The number of hydrogen-bond acceptors (Lipinski definition) is 4. The zero-order chi connectivity index (χ0) is 22.5. The van der Waals surface area contributed by atoms with Gasteiger partial charge in [0, 0.05) is 49.7 Å². The molecular weight excluding hydrogens is 404 g/mol. The van der Waals surface area contributed by atoms with Gasteiger partial charge in [0.05, 0.1) is 12.2 Å². The van der Waals surface area contributed by atoms with E-state index in [2.05, 4.69) is 10.2 Å². The number of aromatic nitrogens is 2. The molecule has 1 saturated heterocycles. The number of fused-ring (bicyclic) bond motifs is 3. The number of rotatable bonds is 8. The van der Waals surface area contributed by atoms with Crippen LogP contribution in [0, 0.1) is 0 Å². The van der Waals surface area contributed by atoms with Gasteiger partial charge in [-0.3, -0.25) is 9.59 Å². The zero-order valence-electron chi connectivity index (χ0n) is 19.2. The number of aryl methyl sites for hydroxylation is 1. The predicted molar refractivity (Wildman–Crippen MR) is 128 cm³/mol. The quantitative estimate of drug-likeness (QED) is 0.549. The van der Waals surface area contributed by atoms with Gasteiger partial charge in [0.15, 0.2) is 0 Å². The number of ether oxygens (including phenoxy) is 1. The van der Waals surface area contributed by atoms with Gasteiger partial charge >= 0.3 is 0 Å². The Labute approximate surface area is 188 Å². The summed E-state index contributed by atoms with van der Waals surface area (Å²) in [6.07, 6.45) is 7.82. The van der Waals surface area contributed by atoms with Crippen LogP contribution in [-0.4, -0.2) is 59.8 Å². The molecule has 1 N–H and O–H groups in total. The third-order valence-electron chi connectivity index (χ3n) is 6.54. The fourth-order valence-electron chi connectivity index (χ4n) is 4.82. The summed E-state index contributed by atoms with van der Waals surface area (Å²) in [5.41, 5.74) is 1.94. The highest BCUT2D eigenvalue weighted by atomic mass is 16.5. The molecular formula is C25H34N4O3. The number of carbonyl (C=O) groups excluding carboxylic acids is 1. The van der Waals surface area contributed by atoms with Crippen molar-refractivity contribution in [1.29, 1.82) is 0 Å². The first-order chi connectivity index (χ1) is 15.6. The number of carbonyl (C=O) groups is 1. The second-order valence-electron chi connectivity index (χ2n) is 8.70. The molecule has 2 aromatic heterocycles. The Balaban J connectivity index is 1.60. The molecule has 3 heterocycles. The molecule has 1 aliphatic rings. The molecule has 4 rings (SSSR count). The molecule has 0 bridgehead atoms. The summed E-state index contributed by atoms with van der Waals surface area (Å²) in [6, 6.07) is 7.86. The number of nitrogens with zero attached hydrogens (tertiary/aromatic N) is 3. The van der Waals surface area contributed by atoms with E-state index in [-0.39, 0.29) is 11.5 Å². The molecule has 7 nitrogen and oxygen atoms in total. The highest BCUT2D eigenvalue weighted by Crippen LogP contribution is 2.28. The van der Waals surface area contributed by atoms with Crippen molar-refractivity contribution in [2.75, 3.05) is 39.9 Å². The van der Waals surface area contributed by atoms with Gasteiger partial charge in [0.2, 0.25) is 0 Å². The van der Waals surface area contributed by atoms with Crippen molar-refractivity contribution < 1.29 is 9.53 Å². The molecule has 0 radical (unpaired) electrons. The molecule has 0 spiro atoms. The second kappa shape index (κ2) is 10.3. The van der Waals surface area contributed by atoms with Crippen LogP contribution in [0.2, 0.25) is 0 Å². The first kappa shape index (κ1) is 22.6. The first-order valence-corrected chi connectivity index (χ1v) is 11.7. The lowest BCUT2D eigenvalue weighted by Crippen LogP contribution is -2.32. The van der Waals surface area contributed by atoms with Crippen LogP contribution in [0.25, 0.3) is 21.8 Å². The Kier molecular flexibility index (Phi) is 7.27. The Hall–Kier alpha value is -2.64. The lowest BCUT2D eigenvalue weighted by Gasteiger charge is -2.19. The maximum Gasteiger partial charge on any atom is 0.275 e. The molecule has 0 saturated carbocycles. The molecule has 3 aromatic rings. The summed E-state index contributed by atoms with van der Waals surface area (Å²) in [6.45, 7) is 4.77. The van der Waals surface area contributed by atoms with Crippen molar-refractivity contribution in [3.05, 3.63) is 46.4 Å². The van der Waals surface area contributed by atoms with Crippen molar-refractivity contribution >= 4 is 27.7 Å². The van der Waals surface area contributed by atoms with E-state index < -0.39 is 0 Å². The van der Waals surface area contributed by atoms with Crippen LogP contribution in [0.5, 0.6) is 0 Å². The summed E-state index contributed by atoms with van der Waals surface area (Å²) < 4.78 is 8.67. The maximum atomic E-state index is 13.3. The minimum atomic E-state index is -0.131. The van der Waals surface area contributed by atoms with Crippen molar-refractivity contribution in [2.45, 2.75) is 38.6 Å². The van der Waals surface area contributed by atoms with E-state index in [1.807, 2.05) is 35.9 Å². The third kappa shape index (κ3) is 4.59. The molecule has 32 heavy (non-hydrogen) atoms. The van der Waals surface area contributed by atoms with Crippen LogP contribution in [0.15, 0.2) is 35.3 Å². The van der Waals surface area contributed by atoms with E-state index >= 15 is 0 Å². The van der Waals surface area contributed by atoms with Crippen molar-refractivity contribution in [1.82, 2.24) is 19.4 Å². The van der Waals surface area contributed by atoms with Crippen molar-refractivity contribution in [3.8, 4) is 0 Å². The average molecular weight is 439 g/mol. The van der Waals surface area contributed by atoms with Gasteiger partial charge in [0.25, 0.3) is 11.5 Å². The second-order valence-corrected chi connectivity index (χ2v) is 8.70. The average Bonchev–Trinajstić information content (AvgIpc) is 2.95. The lowest BCUT2D eigenvalue weighted by molar-refractivity contribution is 0.0952. The summed E-state index contributed by atoms with van der Waals surface area (Å²) >= 11 is 0. The van der Waals surface area contributed by atoms with Crippen LogP contribution in [-0.2, 0) is 18.3 Å². The SMILES string of the molecule is COCCn1cc(C(=O)NCCCN2CCCCCC2)c2c3ccccc3n(C)c2c1=O. The van der Waals surface area contributed by atoms with E-state index in [9.17, 15) is 9.59 Å². The van der Waals surface area contributed by atoms with E-state index in [1.165, 1.54) is 25.7 Å². The summed E-state index contributed by atoms with van der Waals surface area (Å²) in [5.74, 6) is -0.131. The number of methoxy groups -OCH3 is 1. The summed E-state index contributed by atoms with van der Waals surface area (Å²) in [7, 11) is 3.49. The minimum absolute atomic E-state index is 0.103. The van der Waals surface area contributed by atoms with E-state index in [0.29, 0.717) is 30.8 Å². The molecule has 0 atom stereocenters. The Bertz CT molecular complexity index is 1140. The number of amides is 1. The number of hydrogen-bond donors (Lipinski definition) is 1. The van der Waals surface area contributed by atoms with Gasteiger partial charge in [0.1, 0.15) is 5.52 Å². The largest absolute Gasteiger partial charge is 0.383 e. The predicted octanol–water partition coefficient (Wildman–Crippen LogP) is 3.14. The van der Waals surface area contributed by atoms with Crippen LogP contribution < -0.4 is 10.9 Å². The number of benzene rings is 1. The van der Waals surface area contributed by atoms with Gasteiger partial charge in [-0.05, 0) is 45.0 Å². The molecule has 1 aromatic carbocycles. The van der Waals surface area contributed by atoms with Crippen LogP contribution in [0.1, 0.15) is 42.5 Å². The van der Waals surface area contributed by atoms with Gasteiger partial charge in [-0.1, -0.05) is 31.0 Å². The van der Waals surface area contributed by atoms with E-state index in [0.717, 1.165) is 42.3 Å². The van der Waals surface area contributed by atoms with Crippen molar-refractivity contribution in [2.24, 2.45) is 7.05 Å². The highest BCUT2D eigenvalue weighted by Gasteiger charge is 2.21. The zero-order valence-corrected chi connectivity index (χ0v) is 19.2. The summed E-state index contributed by atoms with van der Waals surface area (Å²) in [5, 5.41) is 4.76. The molecule has 1 amide bonds. The monoisotopic (exact) mass is 438 g/mol. The van der Waals surface area contributed by atoms with Gasteiger partial charge in [-0.2, -0.15) is 0 Å². The molecule has 0 aliphatic carbocycles. The van der Waals surface area contributed by atoms with Crippen LogP contribution >= 0.6 is 0 Å². The van der Waals surface area contributed by atoms with E-state index in [1.54, 1.807) is 17.9 Å². The maximum absolute atomic E-state index is 13.3. The standard InChI is InChI=1S/C25H34N4O3/c1-27-21-11-6-5-10-19(21)22-20(18-29(16-17-32-2)25(31)23(22)27)24(30)26-12-9-15-28-13-7-3-4-8-14-28/h5-6,10-11,18H,3-4,7-9,12-17H2,1-2H3,(H,26,30). The third-order valence-corrected chi connectivity index (χ3v) is 6.54. The number of nitrogens with one attached hydrogen (secondary N) is 1. The normalized spacial score (nSPS) is 15.3. The minimum Gasteiger partial charge on any atom is -0.383 e. The fourth-order valence-corrected chi connectivity index (χ4v) is 4.82. The highest BCUT2D eigenvalue weighted by molar-refractivity contribution is 6.17. The van der Waals surface area contributed by atoms with Crippen LogP contribution in [0.3, 0.4) is 0 Å².